The lowest BCUT2D eigenvalue weighted by Crippen LogP contribution is -2.25. The number of Topliss-reactive ketones (excluding diaryl/α,β-unsaturated/α-hetero) is 2. The first-order valence-corrected chi connectivity index (χ1v) is 6.48. The summed E-state index contributed by atoms with van der Waals surface area (Å²) < 4.78 is 23.9. The van der Waals surface area contributed by atoms with Crippen LogP contribution in [0, 0.1) is 0 Å². The molecule has 110 valence electrons. The van der Waals surface area contributed by atoms with E-state index < -0.39 is 17.7 Å². The number of carbonyl (C=O) groups excluding carboxylic acids is 2. The van der Waals surface area contributed by atoms with Gasteiger partial charge in [-0.1, -0.05) is 13.3 Å². The van der Waals surface area contributed by atoms with E-state index in [0.717, 1.165) is 6.42 Å². The molecule has 1 rings (SSSR count). The van der Waals surface area contributed by atoms with Crippen molar-refractivity contribution in [2.24, 2.45) is 0 Å². The standard InChI is InChI=1S/C15H19FO4/c1-4-5-6-11(17)14(16)15(18)10-7-8-12(19-2)13(9-10)20-3/h7-9,14H,4-6H2,1-3H3. The van der Waals surface area contributed by atoms with E-state index in [2.05, 4.69) is 0 Å². The van der Waals surface area contributed by atoms with E-state index >= 15 is 0 Å². The van der Waals surface area contributed by atoms with Crippen LogP contribution in [0.2, 0.25) is 0 Å². The fraction of sp³-hybridized carbons (Fsp3) is 0.467. The molecule has 1 unspecified atom stereocenters. The van der Waals surface area contributed by atoms with E-state index in [9.17, 15) is 14.0 Å². The second-order valence-corrected chi connectivity index (χ2v) is 4.37. The lowest BCUT2D eigenvalue weighted by atomic mass is 10.0. The zero-order chi connectivity index (χ0) is 15.1. The van der Waals surface area contributed by atoms with Crippen molar-refractivity contribution in [3.05, 3.63) is 23.8 Å². The van der Waals surface area contributed by atoms with Gasteiger partial charge in [-0.25, -0.2) is 4.39 Å². The van der Waals surface area contributed by atoms with Crippen molar-refractivity contribution in [1.29, 1.82) is 0 Å². The molecule has 0 radical (unpaired) electrons. The Bertz CT molecular complexity index is 485. The average molecular weight is 282 g/mol. The Balaban J connectivity index is 2.88. The van der Waals surface area contributed by atoms with Crippen LogP contribution in [-0.4, -0.2) is 32.0 Å². The van der Waals surface area contributed by atoms with Crippen LogP contribution in [0.15, 0.2) is 18.2 Å². The Labute approximate surface area is 117 Å². The number of methoxy groups -OCH3 is 2. The first-order valence-electron chi connectivity index (χ1n) is 6.48. The molecular formula is C15H19FO4. The first kappa shape index (κ1) is 16.1. The monoisotopic (exact) mass is 282 g/mol. The van der Waals surface area contributed by atoms with Crippen LogP contribution in [0.25, 0.3) is 0 Å². The molecule has 0 N–H and O–H groups in total. The first-order chi connectivity index (χ1) is 9.54. The molecule has 4 nitrogen and oxygen atoms in total. The summed E-state index contributed by atoms with van der Waals surface area (Å²) in [7, 11) is 2.89. The van der Waals surface area contributed by atoms with E-state index in [1.165, 1.54) is 32.4 Å². The summed E-state index contributed by atoms with van der Waals surface area (Å²) in [6, 6.07) is 4.31. The van der Waals surface area contributed by atoms with Gasteiger partial charge in [-0.3, -0.25) is 9.59 Å². The Morgan fingerprint density at radius 2 is 1.85 bits per heavy atom. The van der Waals surface area contributed by atoms with Gasteiger partial charge in [0, 0.05) is 12.0 Å². The SMILES string of the molecule is CCCCC(=O)C(F)C(=O)c1ccc(OC)c(OC)c1. The second kappa shape index (κ2) is 7.62. The summed E-state index contributed by atoms with van der Waals surface area (Å²) in [5.74, 6) is -0.748. The number of halogens is 1. The quantitative estimate of drug-likeness (QED) is 0.543. The van der Waals surface area contributed by atoms with Crippen LogP contribution >= 0.6 is 0 Å². The van der Waals surface area contributed by atoms with Gasteiger partial charge < -0.3 is 9.47 Å². The average Bonchev–Trinajstić information content (AvgIpc) is 2.50. The molecule has 0 saturated heterocycles. The van der Waals surface area contributed by atoms with Crippen LogP contribution < -0.4 is 9.47 Å². The zero-order valence-electron chi connectivity index (χ0n) is 11.9. The Kier molecular flexibility index (Phi) is 6.15. The van der Waals surface area contributed by atoms with Crippen molar-refractivity contribution in [3.63, 3.8) is 0 Å². The number of ketones is 2. The molecule has 0 spiro atoms. The van der Waals surface area contributed by atoms with Gasteiger partial charge in [0.1, 0.15) is 0 Å². The summed E-state index contributed by atoms with van der Waals surface area (Å²) in [6.45, 7) is 1.90. The van der Waals surface area contributed by atoms with E-state index in [1.807, 2.05) is 6.92 Å². The predicted molar refractivity (Wildman–Crippen MR) is 73.3 cm³/mol. The highest BCUT2D eigenvalue weighted by molar-refractivity contribution is 6.13. The maximum Gasteiger partial charge on any atom is 0.220 e. The van der Waals surface area contributed by atoms with Gasteiger partial charge in [-0.2, -0.15) is 0 Å². The van der Waals surface area contributed by atoms with Crippen molar-refractivity contribution >= 4 is 11.6 Å². The smallest absolute Gasteiger partial charge is 0.220 e. The van der Waals surface area contributed by atoms with Crippen LogP contribution in [0.3, 0.4) is 0 Å². The fourth-order valence-electron chi connectivity index (χ4n) is 1.76. The minimum atomic E-state index is -2.11. The number of alkyl halides is 1. The van der Waals surface area contributed by atoms with Crippen LogP contribution in [0.1, 0.15) is 36.5 Å². The van der Waals surface area contributed by atoms with Crippen molar-refractivity contribution < 1.29 is 23.5 Å². The van der Waals surface area contributed by atoms with Gasteiger partial charge in [0.05, 0.1) is 14.2 Å². The molecule has 1 aromatic carbocycles. The highest BCUT2D eigenvalue weighted by atomic mass is 19.1. The molecule has 0 amide bonds. The minimum absolute atomic E-state index is 0.0801. The summed E-state index contributed by atoms with van der Waals surface area (Å²) in [5.41, 5.74) is 0.0972. The maximum atomic E-state index is 13.8. The third-order valence-electron chi connectivity index (χ3n) is 2.96. The lowest BCUT2D eigenvalue weighted by Gasteiger charge is -2.10. The number of benzene rings is 1. The minimum Gasteiger partial charge on any atom is -0.493 e. The van der Waals surface area contributed by atoms with Gasteiger partial charge >= 0.3 is 0 Å². The van der Waals surface area contributed by atoms with Crippen LogP contribution in [-0.2, 0) is 4.79 Å². The molecule has 0 bridgehead atoms. The molecule has 0 aromatic heterocycles. The number of rotatable bonds is 8. The normalized spacial score (nSPS) is 11.8. The van der Waals surface area contributed by atoms with Crippen molar-refractivity contribution in [2.45, 2.75) is 32.4 Å². The van der Waals surface area contributed by atoms with Gasteiger partial charge in [0.2, 0.25) is 12.0 Å². The Morgan fingerprint density at radius 3 is 2.40 bits per heavy atom. The van der Waals surface area contributed by atoms with Gasteiger partial charge in [-0.15, -0.1) is 0 Å². The number of hydrogen-bond donors (Lipinski definition) is 0. The molecule has 1 aromatic rings. The van der Waals surface area contributed by atoms with E-state index in [4.69, 9.17) is 9.47 Å². The lowest BCUT2D eigenvalue weighted by molar-refractivity contribution is -0.122. The largest absolute Gasteiger partial charge is 0.493 e. The van der Waals surface area contributed by atoms with Crippen molar-refractivity contribution in [3.8, 4) is 11.5 Å². The summed E-state index contributed by atoms with van der Waals surface area (Å²) in [6.07, 6.45) is -0.669. The topological polar surface area (TPSA) is 52.6 Å². The van der Waals surface area contributed by atoms with E-state index in [0.29, 0.717) is 17.9 Å². The third-order valence-corrected chi connectivity index (χ3v) is 2.96. The van der Waals surface area contributed by atoms with Crippen LogP contribution in [0.4, 0.5) is 4.39 Å². The summed E-state index contributed by atoms with van der Waals surface area (Å²) in [4.78, 5) is 23.5. The van der Waals surface area contributed by atoms with Crippen LogP contribution in [0.5, 0.6) is 11.5 Å². The molecule has 1 atom stereocenters. The fourth-order valence-corrected chi connectivity index (χ4v) is 1.76. The number of unbranched alkanes of at least 4 members (excludes halogenated alkanes) is 1. The third kappa shape index (κ3) is 3.79. The van der Waals surface area contributed by atoms with Gasteiger partial charge in [-0.05, 0) is 24.6 Å². The molecule has 0 aliphatic carbocycles. The summed E-state index contributed by atoms with van der Waals surface area (Å²) in [5, 5.41) is 0. The number of ether oxygens (including phenoxy) is 2. The molecule has 0 heterocycles. The molecular weight excluding hydrogens is 263 g/mol. The highest BCUT2D eigenvalue weighted by Crippen LogP contribution is 2.28. The number of hydrogen-bond acceptors (Lipinski definition) is 4. The molecule has 20 heavy (non-hydrogen) atoms. The maximum absolute atomic E-state index is 13.8. The zero-order valence-corrected chi connectivity index (χ0v) is 11.9. The summed E-state index contributed by atoms with van der Waals surface area (Å²) >= 11 is 0. The predicted octanol–water partition coefficient (Wildman–Crippen LogP) is 2.98. The molecule has 0 aliphatic heterocycles. The van der Waals surface area contributed by atoms with E-state index in [1.54, 1.807) is 0 Å². The number of carbonyl (C=O) groups is 2. The second-order valence-electron chi connectivity index (χ2n) is 4.37. The highest BCUT2D eigenvalue weighted by Gasteiger charge is 2.27. The molecule has 0 saturated carbocycles. The Hall–Kier alpha value is -1.91. The Morgan fingerprint density at radius 1 is 1.20 bits per heavy atom. The van der Waals surface area contributed by atoms with Gasteiger partial charge in [0.15, 0.2) is 17.3 Å². The van der Waals surface area contributed by atoms with Crippen molar-refractivity contribution in [2.75, 3.05) is 14.2 Å². The molecule has 0 aliphatic rings. The molecule has 0 fully saturated rings. The molecule has 5 heteroatoms. The van der Waals surface area contributed by atoms with Crippen molar-refractivity contribution in [1.82, 2.24) is 0 Å². The van der Waals surface area contributed by atoms with E-state index in [-0.39, 0.29) is 12.0 Å². The van der Waals surface area contributed by atoms with Gasteiger partial charge in [0.25, 0.3) is 0 Å².